The van der Waals surface area contributed by atoms with Crippen molar-refractivity contribution < 1.29 is 4.79 Å². The van der Waals surface area contributed by atoms with E-state index >= 15 is 0 Å². The van der Waals surface area contributed by atoms with E-state index in [1.54, 1.807) is 18.5 Å². The van der Waals surface area contributed by atoms with Crippen molar-refractivity contribution in [2.24, 2.45) is 0 Å². The second-order valence-corrected chi connectivity index (χ2v) is 5.15. The van der Waals surface area contributed by atoms with Crippen LogP contribution < -0.4 is 5.32 Å². The zero-order chi connectivity index (χ0) is 10.7. The summed E-state index contributed by atoms with van der Waals surface area (Å²) in [5.74, 6) is -0.152. The van der Waals surface area contributed by atoms with E-state index in [0.717, 1.165) is 3.79 Å². The van der Waals surface area contributed by atoms with E-state index in [-0.39, 0.29) is 5.91 Å². The predicted molar refractivity (Wildman–Crippen MR) is 62.0 cm³/mol. The summed E-state index contributed by atoms with van der Waals surface area (Å²) in [6, 6.07) is 3.59. The highest BCUT2D eigenvalue weighted by molar-refractivity contribution is 9.11. The Morgan fingerprint density at radius 2 is 2.07 bits per heavy atom. The molecule has 2 aromatic rings. The van der Waals surface area contributed by atoms with Gasteiger partial charge >= 0.3 is 0 Å². The van der Waals surface area contributed by atoms with Crippen molar-refractivity contribution in [2.75, 3.05) is 5.32 Å². The van der Waals surface area contributed by atoms with Crippen LogP contribution in [-0.4, -0.2) is 15.9 Å². The average Bonchev–Trinajstić information content (AvgIpc) is 2.66. The fourth-order valence-corrected chi connectivity index (χ4v) is 2.27. The van der Waals surface area contributed by atoms with Crippen LogP contribution in [0.2, 0.25) is 0 Å². The Balaban J connectivity index is 2.11. The molecule has 6 heteroatoms. The van der Waals surface area contributed by atoms with E-state index in [1.807, 2.05) is 6.07 Å². The molecule has 0 bridgehead atoms. The van der Waals surface area contributed by atoms with E-state index in [9.17, 15) is 4.79 Å². The van der Waals surface area contributed by atoms with Crippen LogP contribution >= 0.6 is 27.3 Å². The fourth-order valence-electron chi connectivity index (χ4n) is 0.993. The van der Waals surface area contributed by atoms with Crippen molar-refractivity contribution in [3.8, 4) is 0 Å². The Morgan fingerprint density at radius 3 is 2.67 bits per heavy atom. The average molecular weight is 284 g/mol. The van der Waals surface area contributed by atoms with Gasteiger partial charge in [0, 0.05) is 0 Å². The summed E-state index contributed by atoms with van der Waals surface area (Å²) >= 11 is 4.68. The number of carbonyl (C=O) groups is 1. The summed E-state index contributed by atoms with van der Waals surface area (Å²) in [6.45, 7) is 0. The van der Waals surface area contributed by atoms with Gasteiger partial charge in [-0.15, -0.1) is 11.3 Å². The monoisotopic (exact) mass is 283 g/mol. The van der Waals surface area contributed by atoms with Crippen molar-refractivity contribution in [2.45, 2.75) is 0 Å². The van der Waals surface area contributed by atoms with E-state index in [4.69, 9.17) is 0 Å². The van der Waals surface area contributed by atoms with Gasteiger partial charge in [-0.25, -0.2) is 9.97 Å². The van der Waals surface area contributed by atoms with Crippen molar-refractivity contribution in [1.82, 2.24) is 9.97 Å². The maximum absolute atomic E-state index is 11.7. The molecule has 0 aliphatic rings. The van der Waals surface area contributed by atoms with Gasteiger partial charge in [0.1, 0.15) is 6.33 Å². The molecule has 0 aliphatic heterocycles. The number of anilines is 1. The summed E-state index contributed by atoms with van der Waals surface area (Å²) in [5, 5.41) is 2.70. The van der Waals surface area contributed by atoms with Gasteiger partial charge in [0.25, 0.3) is 5.91 Å². The molecule has 15 heavy (non-hydrogen) atoms. The first-order chi connectivity index (χ1) is 7.25. The van der Waals surface area contributed by atoms with Crippen LogP contribution in [0.5, 0.6) is 0 Å². The smallest absolute Gasteiger partial charge is 0.265 e. The zero-order valence-corrected chi connectivity index (χ0v) is 9.88. The molecule has 0 unspecified atom stereocenters. The highest BCUT2D eigenvalue weighted by atomic mass is 79.9. The molecule has 0 saturated heterocycles. The van der Waals surface area contributed by atoms with Gasteiger partial charge in [0.15, 0.2) is 0 Å². The fraction of sp³-hybridized carbons (Fsp3) is 0. The Bertz CT molecular complexity index is 471. The molecule has 76 valence electrons. The number of nitrogens with zero attached hydrogens (tertiary/aromatic N) is 2. The number of carbonyl (C=O) groups excluding carboxylic acids is 1. The Kier molecular flexibility index (Phi) is 3.08. The highest BCUT2D eigenvalue weighted by Gasteiger charge is 2.08. The quantitative estimate of drug-likeness (QED) is 0.922. The minimum absolute atomic E-state index is 0.152. The summed E-state index contributed by atoms with van der Waals surface area (Å²) in [5.41, 5.74) is 0.590. The van der Waals surface area contributed by atoms with Crippen LogP contribution in [0.25, 0.3) is 0 Å². The molecule has 0 aromatic carbocycles. The number of amides is 1. The molecule has 1 N–H and O–H groups in total. The first-order valence-electron chi connectivity index (χ1n) is 4.07. The third kappa shape index (κ3) is 2.60. The number of thiophene rings is 1. The largest absolute Gasteiger partial charge is 0.319 e. The maximum Gasteiger partial charge on any atom is 0.265 e. The predicted octanol–water partition coefficient (Wildman–Crippen LogP) is 2.55. The minimum atomic E-state index is -0.152. The highest BCUT2D eigenvalue weighted by Crippen LogP contribution is 2.22. The molecule has 0 radical (unpaired) electrons. The van der Waals surface area contributed by atoms with Crippen LogP contribution in [0.15, 0.2) is 34.6 Å². The summed E-state index contributed by atoms with van der Waals surface area (Å²) in [4.78, 5) is 19.9. The normalized spacial score (nSPS) is 9.93. The van der Waals surface area contributed by atoms with Gasteiger partial charge in [-0.3, -0.25) is 4.79 Å². The molecule has 4 nitrogen and oxygen atoms in total. The molecule has 2 aromatic heterocycles. The maximum atomic E-state index is 11.7. The van der Waals surface area contributed by atoms with E-state index in [2.05, 4.69) is 31.2 Å². The van der Waals surface area contributed by atoms with Crippen LogP contribution in [0, 0.1) is 0 Å². The van der Waals surface area contributed by atoms with Crippen LogP contribution in [0.3, 0.4) is 0 Å². The molecule has 2 rings (SSSR count). The molecular weight excluding hydrogens is 278 g/mol. The summed E-state index contributed by atoms with van der Waals surface area (Å²) in [6.07, 6.45) is 4.51. The lowest BCUT2D eigenvalue weighted by Crippen LogP contribution is -2.10. The Hall–Kier alpha value is -1.27. The minimum Gasteiger partial charge on any atom is -0.319 e. The lowest BCUT2D eigenvalue weighted by Gasteiger charge is -2.00. The molecule has 2 heterocycles. The van der Waals surface area contributed by atoms with Crippen LogP contribution in [0.4, 0.5) is 5.69 Å². The van der Waals surface area contributed by atoms with E-state index in [1.165, 1.54) is 17.7 Å². The van der Waals surface area contributed by atoms with Gasteiger partial charge in [0.05, 0.1) is 26.7 Å². The van der Waals surface area contributed by atoms with Crippen LogP contribution in [0.1, 0.15) is 9.67 Å². The van der Waals surface area contributed by atoms with Gasteiger partial charge in [-0.05, 0) is 28.1 Å². The Labute approximate surface area is 98.5 Å². The standard InChI is InChI=1S/C9H6BrN3OS/c10-8-2-1-7(15-8)9(14)13-6-3-11-5-12-4-6/h1-5H,(H,13,14). The van der Waals surface area contributed by atoms with Crippen LogP contribution in [-0.2, 0) is 0 Å². The van der Waals surface area contributed by atoms with Gasteiger partial charge < -0.3 is 5.32 Å². The zero-order valence-electron chi connectivity index (χ0n) is 7.48. The number of halogens is 1. The first-order valence-corrected chi connectivity index (χ1v) is 5.68. The number of hydrogen-bond acceptors (Lipinski definition) is 4. The molecule has 1 amide bonds. The van der Waals surface area contributed by atoms with Crippen molar-refractivity contribution >= 4 is 38.9 Å². The molecule has 0 atom stereocenters. The molecule has 0 saturated carbocycles. The topological polar surface area (TPSA) is 54.9 Å². The molecule has 0 fully saturated rings. The first kappa shape index (κ1) is 10.3. The SMILES string of the molecule is O=C(Nc1cncnc1)c1ccc(Br)s1. The van der Waals surface area contributed by atoms with E-state index < -0.39 is 0 Å². The van der Waals surface area contributed by atoms with Crippen molar-refractivity contribution in [3.05, 3.63) is 39.5 Å². The van der Waals surface area contributed by atoms with Crippen molar-refractivity contribution in [3.63, 3.8) is 0 Å². The number of nitrogens with one attached hydrogen (secondary N) is 1. The van der Waals surface area contributed by atoms with Crippen molar-refractivity contribution in [1.29, 1.82) is 0 Å². The Morgan fingerprint density at radius 1 is 1.33 bits per heavy atom. The van der Waals surface area contributed by atoms with E-state index in [0.29, 0.717) is 10.6 Å². The third-order valence-electron chi connectivity index (χ3n) is 1.62. The number of hydrogen-bond donors (Lipinski definition) is 1. The third-order valence-corrected chi connectivity index (χ3v) is 3.24. The second kappa shape index (κ2) is 4.50. The lowest BCUT2D eigenvalue weighted by atomic mass is 10.4. The molecule has 0 aliphatic carbocycles. The molecule has 0 spiro atoms. The van der Waals surface area contributed by atoms with Gasteiger partial charge in [-0.2, -0.15) is 0 Å². The summed E-state index contributed by atoms with van der Waals surface area (Å²) in [7, 11) is 0. The van der Waals surface area contributed by atoms with Gasteiger partial charge in [0.2, 0.25) is 0 Å². The second-order valence-electron chi connectivity index (χ2n) is 2.69. The van der Waals surface area contributed by atoms with Gasteiger partial charge in [-0.1, -0.05) is 0 Å². The number of aromatic nitrogens is 2. The summed E-state index contributed by atoms with van der Waals surface area (Å²) < 4.78 is 0.928. The lowest BCUT2D eigenvalue weighted by molar-refractivity contribution is 0.103. The number of rotatable bonds is 2. The molecular formula is C9H6BrN3OS.